The smallest absolute Gasteiger partial charge is 0.258 e. The first kappa shape index (κ1) is 12.3. The molecule has 3 heterocycles. The minimum absolute atomic E-state index is 0.184. The summed E-state index contributed by atoms with van der Waals surface area (Å²) in [6.07, 6.45) is 1.57. The van der Waals surface area contributed by atoms with E-state index in [-0.39, 0.29) is 5.56 Å². The Kier molecular flexibility index (Phi) is 3.14. The predicted molar refractivity (Wildman–Crippen MR) is 70.1 cm³/mol. The Morgan fingerprint density at radius 2 is 2.00 bits per heavy atom. The van der Waals surface area contributed by atoms with Gasteiger partial charge >= 0.3 is 0 Å². The molecule has 3 rings (SSSR count). The summed E-state index contributed by atoms with van der Waals surface area (Å²) >= 11 is 0. The summed E-state index contributed by atoms with van der Waals surface area (Å²) in [6, 6.07) is 4.61. The molecule has 3 aromatic rings. The minimum atomic E-state index is -0.546. The lowest BCUT2D eigenvalue weighted by Crippen LogP contribution is -2.03. The van der Waals surface area contributed by atoms with Gasteiger partial charge in [-0.3, -0.25) is 4.79 Å². The van der Waals surface area contributed by atoms with Gasteiger partial charge in [0.1, 0.15) is 5.65 Å². The molecule has 0 fully saturated rings. The normalized spacial score (nSPS) is 10.4. The van der Waals surface area contributed by atoms with Gasteiger partial charge in [-0.2, -0.15) is 4.39 Å². The number of hydrogen-bond acceptors (Lipinski definition) is 2. The maximum Gasteiger partial charge on any atom is 0.258 e. The third-order valence-electron chi connectivity index (χ3n) is 2.73. The molecule has 4 nitrogen and oxygen atoms in total. The van der Waals surface area contributed by atoms with E-state index in [1.54, 1.807) is 29.9 Å². The summed E-state index contributed by atoms with van der Waals surface area (Å²) in [7, 11) is 1.76. The van der Waals surface area contributed by atoms with Crippen LogP contribution in [0.5, 0.6) is 0 Å². The van der Waals surface area contributed by atoms with Crippen LogP contribution in [-0.4, -0.2) is 14.5 Å². The highest BCUT2D eigenvalue weighted by Crippen LogP contribution is 2.23. The lowest BCUT2D eigenvalue weighted by atomic mass is 10.2. The highest BCUT2D eigenvalue weighted by molar-refractivity contribution is 6.05. The van der Waals surface area contributed by atoms with Crippen LogP contribution in [0.1, 0.15) is 13.8 Å². The first-order chi connectivity index (χ1) is 8.68. The van der Waals surface area contributed by atoms with Gasteiger partial charge < -0.3 is 9.55 Å². The van der Waals surface area contributed by atoms with Crippen LogP contribution >= 0.6 is 0 Å². The van der Waals surface area contributed by atoms with E-state index >= 15 is 0 Å². The molecule has 0 unspecified atom stereocenters. The Labute approximate surface area is 103 Å². The Balaban J connectivity index is 0.000000574. The number of halogens is 1. The van der Waals surface area contributed by atoms with E-state index < -0.39 is 5.95 Å². The molecule has 3 aromatic heterocycles. The van der Waals surface area contributed by atoms with Gasteiger partial charge in [-0.05, 0) is 18.2 Å². The third kappa shape index (κ3) is 1.68. The van der Waals surface area contributed by atoms with Crippen molar-refractivity contribution in [3.63, 3.8) is 0 Å². The second-order valence-electron chi connectivity index (χ2n) is 3.63. The van der Waals surface area contributed by atoms with Crippen molar-refractivity contribution in [2.75, 3.05) is 0 Å². The van der Waals surface area contributed by atoms with Crippen LogP contribution in [0.25, 0.3) is 21.9 Å². The average Bonchev–Trinajstić information content (AvgIpc) is 2.67. The molecule has 0 amide bonds. The van der Waals surface area contributed by atoms with Crippen molar-refractivity contribution in [2.24, 2.45) is 7.05 Å². The number of pyridine rings is 2. The molecule has 0 aliphatic rings. The van der Waals surface area contributed by atoms with Crippen LogP contribution in [0.2, 0.25) is 0 Å². The second kappa shape index (κ2) is 4.60. The Bertz CT molecular complexity index is 758. The second-order valence-corrected chi connectivity index (χ2v) is 3.63. The standard InChI is InChI=1S/C11H8FN3O.C2H6/c1-15-7-4-5-13-11(16)9(7)6-2-3-8(12)14-10(6)15;1-2/h2-5H,1H3,(H,13,16);1-2H3. The number of nitrogens with one attached hydrogen (secondary N) is 1. The van der Waals surface area contributed by atoms with Gasteiger partial charge in [0.15, 0.2) is 0 Å². The quantitative estimate of drug-likeness (QED) is 0.621. The van der Waals surface area contributed by atoms with Crippen LogP contribution in [0.4, 0.5) is 4.39 Å². The van der Waals surface area contributed by atoms with Crippen molar-refractivity contribution in [3.8, 4) is 0 Å². The molecular weight excluding hydrogens is 233 g/mol. The molecule has 0 radical (unpaired) electrons. The van der Waals surface area contributed by atoms with E-state index in [4.69, 9.17) is 0 Å². The van der Waals surface area contributed by atoms with Crippen LogP contribution in [0.15, 0.2) is 29.2 Å². The van der Waals surface area contributed by atoms with Crippen LogP contribution < -0.4 is 5.56 Å². The highest BCUT2D eigenvalue weighted by Gasteiger charge is 2.12. The molecule has 0 saturated carbocycles. The maximum absolute atomic E-state index is 13.0. The van der Waals surface area contributed by atoms with Gasteiger partial charge in [-0.25, -0.2) is 4.98 Å². The maximum atomic E-state index is 13.0. The van der Waals surface area contributed by atoms with Crippen molar-refractivity contribution >= 4 is 21.9 Å². The molecule has 0 aromatic carbocycles. The van der Waals surface area contributed by atoms with Crippen LogP contribution in [0.3, 0.4) is 0 Å². The number of nitrogens with zero attached hydrogens (tertiary/aromatic N) is 2. The predicted octanol–water partition coefficient (Wildman–Crippen LogP) is 2.58. The summed E-state index contributed by atoms with van der Waals surface area (Å²) in [5, 5.41) is 1.22. The first-order valence-electron chi connectivity index (χ1n) is 5.81. The van der Waals surface area contributed by atoms with E-state index in [0.29, 0.717) is 16.4 Å². The molecule has 0 bridgehead atoms. The molecule has 0 aliphatic heterocycles. The lowest BCUT2D eigenvalue weighted by Gasteiger charge is -1.95. The number of aryl methyl sites for hydroxylation is 1. The van der Waals surface area contributed by atoms with Gasteiger partial charge in [0.2, 0.25) is 5.95 Å². The summed E-state index contributed by atoms with van der Waals surface area (Å²) in [5.74, 6) is -0.546. The SMILES string of the molecule is CC.Cn1c2cc[nH]c(=O)c2c2ccc(F)nc21. The van der Waals surface area contributed by atoms with Crippen LogP contribution in [-0.2, 0) is 7.05 Å². The molecule has 18 heavy (non-hydrogen) atoms. The van der Waals surface area contributed by atoms with Crippen molar-refractivity contribution in [1.82, 2.24) is 14.5 Å². The lowest BCUT2D eigenvalue weighted by molar-refractivity contribution is 0.587. The summed E-state index contributed by atoms with van der Waals surface area (Å²) in [5.41, 5.74) is 1.04. The van der Waals surface area contributed by atoms with Crippen LogP contribution in [0, 0.1) is 5.95 Å². The Morgan fingerprint density at radius 1 is 1.28 bits per heavy atom. The fraction of sp³-hybridized carbons (Fsp3) is 0.231. The fourth-order valence-corrected chi connectivity index (χ4v) is 2.00. The van der Waals surface area contributed by atoms with E-state index in [1.165, 1.54) is 6.07 Å². The fourth-order valence-electron chi connectivity index (χ4n) is 2.00. The van der Waals surface area contributed by atoms with Crippen molar-refractivity contribution in [2.45, 2.75) is 13.8 Å². The molecule has 5 heteroatoms. The van der Waals surface area contributed by atoms with Crippen molar-refractivity contribution in [3.05, 3.63) is 40.7 Å². The largest absolute Gasteiger partial charge is 0.328 e. The van der Waals surface area contributed by atoms with Gasteiger partial charge in [0, 0.05) is 18.6 Å². The molecular formula is C13H14FN3O. The average molecular weight is 247 g/mol. The molecule has 0 spiro atoms. The zero-order valence-electron chi connectivity index (χ0n) is 10.5. The molecule has 0 aliphatic carbocycles. The number of rotatable bonds is 0. The summed E-state index contributed by atoms with van der Waals surface area (Å²) in [4.78, 5) is 18.1. The van der Waals surface area contributed by atoms with Gasteiger partial charge in [0.05, 0.1) is 10.9 Å². The minimum Gasteiger partial charge on any atom is -0.328 e. The van der Waals surface area contributed by atoms with E-state index in [2.05, 4.69) is 9.97 Å². The topological polar surface area (TPSA) is 50.7 Å². The summed E-state index contributed by atoms with van der Waals surface area (Å²) < 4.78 is 14.7. The molecule has 0 saturated heterocycles. The molecule has 94 valence electrons. The Morgan fingerprint density at radius 3 is 2.72 bits per heavy atom. The Hall–Kier alpha value is -2.17. The zero-order valence-corrected chi connectivity index (χ0v) is 10.5. The molecule has 0 atom stereocenters. The van der Waals surface area contributed by atoms with Crippen molar-refractivity contribution in [1.29, 1.82) is 0 Å². The van der Waals surface area contributed by atoms with E-state index in [0.717, 1.165) is 5.52 Å². The number of fused-ring (bicyclic) bond motifs is 3. The van der Waals surface area contributed by atoms with Crippen molar-refractivity contribution < 1.29 is 4.39 Å². The van der Waals surface area contributed by atoms with E-state index in [1.807, 2.05) is 13.8 Å². The third-order valence-corrected chi connectivity index (χ3v) is 2.73. The number of H-pyrrole nitrogens is 1. The number of aromatic nitrogens is 3. The monoisotopic (exact) mass is 247 g/mol. The van der Waals surface area contributed by atoms with Gasteiger partial charge in [0.25, 0.3) is 5.56 Å². The number of hydrogen-bond donors (Lipinski definition) is 1. The summed E-state index contributed by atoms with van der Waals surface area (Å²) in [6.45, 7) is 4.00. The highest BCUT2D eigenvalue weighted by atomic mass is 19.1. The zero-order chi connectivity index (χ0) is 13.3. The number of aromatic amines is 1. The van der Waals surface area contributed by atoms with Gasteiger partial charge in [-0.1, -0.05) is 13.8 Å². The van der Waals surface area contributed by atoms with Gasteiger partial charge in [-0.15, -0.1) is 0 Å². The van der Waals surface area contributed by atoms with E-state index in [9.17, 15) is 9.18 Å². The first-order valence-corrected chi connectivity index (χ1v) is 5.81. The molecule has 1 N–H and O–H groups in total.